The molecule has 0 N–H and O–H groups in total. The lowest BCUT2D eigenvalue weighted by Crippen LogP contribution is -2.22. The van der Waals surface area contributed by atoms with Gasteiger partial charge in [-0.1, -0.05) is 36.4 Å². The quantitative estimate of drug-likeness (QED) is 0.390. The normalized spacial score (nSPS) is 11.5. The molecule has 0 bridgehead atoms. The van der Waals surface area contributed by atoms with Crippen molar-refractivity contribution in [2.45, 2.75) is 6.54 Å². The van der Waals surface area contributed by atoms with E-state index in [-0.39, 0.29) is 5.56 Å². The Morgan fingerprint density at radius 3 is 2.46 bits per heavy atom. The fraction of sp³-hybridized carbons (Fsp3) is 0.0909. The average molecular weight is 434 g/mol. The second-order valence-corrected chi connectivity index (χ2v) is 7.42. The van der Waals surface area contributed by atoms with Gasteiger partial charge in [0.2, 0.25) is 0 Å². The van der Waals surface area contributed by atoms with E-state index in [4.69, 9.17) is 9.72 Å². The maximum absolute atomic E-state index is 13.4. The van der Waals surface area contributed by atoms with Crippen LogP contribution in [0.3, 0.4) is 0 Å². The van der Waals surface area contributed by atoms with Crippen LogP contribution >= 0.6 is 15.9 Å². The Balaban J connectivity index is 1.88. The van der Waals surface area contributed by atoms with Crippen LogP contribution in [0.2, 0.25) is 0 Å². The van der Waals surface area contributed by atoms with E-state index in [0.717, 1.165) is 38.1 Å². The van der Waals surface area contributed by atoms with Crippen molar-refractivity contribution in [1.82, 2.24) is 14.0 Å². The summed E-state index contributed by atoms with van der Waals surface area (Å²) in [6.45, 7) is 0.444. The van der Waals surface area contributed by atoms with E-state index in [1.54, 1.807) is 11.7 Å². The molecule has 0 fully saturated rings. The molecular formula is C22H16BrN3O2. The number of methoxy groups -OCH3 is 1. The molecule has 0 radical (unpaired) electrons. The highest BCUT2D eigenvalue weighted by Crippen LogP contribution is 2.27. The SMILES string of the molecule is COc1ccc(Cn2c(=O)c3ccccc3c3nc4cccc(Br)n4c32)cc1. The van der Waals surface area contributed by atoms with E-state index >= 15 is 0 Å². The van der Waals surface area contributed by atoms with Crippen molar-refractivity contribution in [2.75, 3.05) is 7.11 Å². The molecule has 0 amide bonds. The first-order chi connectivity index (χ1) is 13.7. The first-order valence-electron chi connectivity index (χ1n) is 8.88. The molecule has 3 aromatic heterocycles. The van der Waals surface area contributed by atoms with Crippen LogP contribution in [-0.4, -0.2) is 21.1 Å². The monoisotopic (exact) mass is 433 g/mol. The molecular weight excluding hydrogens is 418 g/mol. The van der Waals surface area contributed by atoms with Crippen LogP contribution in [0.4, 0.5) is 0 Å². The van der Waals surface area contributed by atoms with Crippen molar-refractivity contribution >= 4 is 43.5 Å². The van der Waals surface area contributed by atoms with E-state index in [2.05, 4.69) is 15.9 Å². The maximum atomic E-state index is 13.4. The lowest BCUT2D eigenvalue weighted by atomic mass is 10.1. The number of rotatable bonds is 3. The lowest BCUT2D eigenvalue weighted by Gasteiger charge is -2.12. The second kappa shape index (κ2) is 6.49. The summed E-state index contributed by atoms with van der Waals surface area (Å²) in [5.41, 5.74) is 3.37. The predicted octanol–water partition coefficient (Wildman–Crippen LogP) is 4.62. The van der Waals surface area contributed by atoms with Crippen molar-refractivity contribution < 1.29 is 4.74 Å². The highest BCUT2D eigenvalue weighted by molar-refractivity contribution is 9.10. The molecule has 28 heavy (non-hydrogen) atoms. The summed E-state index contributed by atoms with van der Waals surface area (Å²) < 4.78 is 9.87. The Kier molecular flexibility index (Phi) is 3.94. The summed E-state index contributed by atoms with van der Waals surface area (Å²) >= 11 is 3.62. The molecule has 6 heteroatoms. The van der Waals surface area contributed by atoms with Gasteiger partial charge in [0, 0.05) is 10.8 Å². The Labute approximate surface area is 168 Å². The van der Waals surface area contributed by atoms with Gasteiger partial charge in [0.25, 0.3) is 5.56 Å². The van der Waals surface area contributed by atoms with Crippen LogP contribution in [0, 0.1) is 0 Å². The minimum atomic E-state index is -0.0310. The Bertz CT molecular complexity index is 1400. The Morgan fingerprint density at radius 1 is 0.964 bits per heavy atom. The molecule has 0 atom stereocenters. The molecule has 0 saturated carbocycles. The zero-order valence-electron chi connectivity index (χ0n) is 15.1. The minimum absolute atomic E-state index is 0.0310. The molecule has 5 nitrogen and oxygen atoms in total. The number of aromatic nitrogens is 3. The molecule has 0 unspecified atom stereocenters. The van der Waals surface area contributed by atoms with Crippen molar-refractivity contribution in [1.29, 1.82) is 0 Å². The summed E-state index contributed by atoms with van der Waals surface area (Å²) in [4.78, 5) is 18.2. The molecule has 0 aliphatic rings. The third kappa shape index (κ3) is 2.52. The van der Waals surface area contributed by atoms with Crippen LogP contribution in [0.5, 0.6) is 5.75 Å². The highest BCUT2D eigenvalue weighted by Gasteiger charge is 2.17. The van der Waals surface area contributed by atoms with Gasteiger partial charge in [0.15, 0.2) is 0 Å². The van der Waals surface area contributed by atoms with Gasteiger partial charge >= 0.3 is 0 Å². The molecule has 5 aromatic rings. The number of halogens is 1. The molecule has 2 aromatic carbocycles. The first-order valence-corrected chi connectivity index (χ1v) is 9.68. The predicted molar refractivity (Wildman–Crippen MR) is 114 cm³/mol. The maximum Gasteiger partial charge on any atom is 0.260 e. The summed E-state index contributed by atoms with van der Waals surface area (Å²) in [7, 11) is 1.64. The van der Waals surface area contributed by atoms with Gasteiger partial charge in [0.1, 0.15) is 22.6 Å². The number of ether oxygens (including phenoxy) is 1. The number of hydrogen-bond acceptors (Lipinski definition) is 3. The summed E-state index contributed by atoms with van der Waals surface area (Å²) in [6, 6.07) is 21.2. The zero-order valence-corrected chi connectivity index (χ0v) is 16.7. The standard InChI is InChI=1S/C22H16BrN3O2/c1-28-15-11-9-14(10-12-15)13-25-21-20(16-5-2-3-6-17(16)22(25)27)24-19-8-4-7-18(23)26(19)21/h2-12H,13H2,1H3. The van der Waals surface area contributed by atoms with Crippen LogP contribution in [0.15, 0.2) is 76.1 Å². The molecule has 3 heterocycles. The van der Waals surface area contributed by atoms with E-state index in [1.165, 1.54) is 0 Å². The number of fused-ring (bicyclic) bond motifs is 5. The third-order valence-corrected chi connectivity index (χ3v) is 5.60. The lowest BCUT2D eigenvalue weighted by molar-refractivity contribution is 0.414. The number of nitrogens with zero attached hydrogens (tertiary/aromatic N) is 3. The summed E-state index contributed by atoms with van der Waals surface area (Å²) in [5.74, 6) is 0.789. The number of benzene rings is 2. The van der Waals surface area contributed by atoms with Gasteiger partial charge in [-0.2, -0.15) is 0 Å². The fourth-order valence-corrected chi connectivity index (χ4v) is 4.15. The molecule has 138 valence electrons. The van der Waals surface area contributed by atoms with Gasteiger partial charge < -0.3 is 4.74 Å². The summed E-state index contributed by atoms with van der Waals surface area (Å²) in [5, 5.41) is 1.53. The van der Waals surface area contributed by atoms with Gasteiger partial charge in [0.05, 0.1) is 18.3 Å². The number of pyridine rings is 2. The van der Waals surface area contributed by atoms with E-state index in [9.17, 15) is 4.79 Å². The molecule has 0 aliphatic heterocycles. The molecule has 0 aliphatic carbocycles. The van der Waals surface area contributed by atoms with Gasteiger partial charge in [-0.05, 0) is 51.8 Å². The molecule has 0 spiro atoms. The largest absolute Gasteiger partial charge is 0.497 e. The van der Waals surface area contributed by atoms with Crippen LogP contribution in [-0.2, 0) is 6.54 Å². The van der Waals surface area contributed by atoms with E-state index in [0.29, 0.717) is 11.9 Å². The second-order valence-electron chi connectivity index (χ2n) is 6.61. The van der Waals surface area contributed by atoms with Crippen molar-refractivity contribution in [2.24, 2.45) is 0 Å². The average Bonchev–Trinajstić information content (AvgIpc) is 3.12. The van der Waals surface area contributed by atoms with Crippen molar-refractivity contribution in [3.63, 3.8) is 0 Å². The third-order valence-electron chi connectivity index (χ3n) is 4.98. The first kappa shape index (κ1) is 17.0. The van der Waals surface area contributed by atoms with Crippen LogP contribution < -0.4 is 10.3 Å². The zero-order chi connectivity index (χ0) is 19.3. The van der Waals surface area contributed by atoms with E-state index in [1.807, 2.05) is 71.1 Å². The van der Waals surface area contributed by atoms with Gasteiger partial charge in [-0.25, -0.2) is 4.98 Å². The topological polar surface area (TPSA) is 48.5 Å². The van der Waals surface area contributed by atoms with Crippen molar-refractivity contribution in [3.05, 3.63) is 87.3 Å². The van der Waals surface area contributed by atoms with Crippen LogP contribution in [0.25, 0.3) is 27.6 Å². The number of imidazole rings is 1. The fourth-order valence-electron chi connectivity index (χ4n) is 3.65. The molecule has 5 rings (SSSR count). The molecule has 0 saturated heterocycles. The Morgan fingerprint density at radius 2 is 1.71 bits per heavy atom. The van der Waals surface area contributed by atoms with Crippen LogP contribution in [0.1, 0.15) is 5.56 Å². The van der Waals surface area contributed by atoms with Crippen molar-refractivity contribution in [3.8, 4) is 5.75 Å². The smallest absolute Gasteiger partial charge is 0.260 e. The Hall–Kier alpha value is -3.12. The summed E-state index contributed by atoms with van der Waals surface area (Å²) in [6.07, 6.45) is 0. The highest BCUT2D eigenvalue weighted by atomic mass is 79.9. The van der Waals surface area contributed by atoms with Gasteiger partial charge in [-0.3, -0.25) is 13.8 Å². The minimum Gasteiger partial charge on any atom is -0.497 e. The van der Waals surface area contributed by atoms with Gasteiger partial charge in [-0.15, -0.1) is 0 Å². The number of hydrogen-bond donors (Lipinski definition) is 0. The van der Waals surface area contributed by atoms with E-state index < -0.39 is 0 Å².